The molecule has 2 rings (SSSR count). The van der Waals surface area contributed by atoms with Crippen LogP contribution in [0.25, 0.3) is 11.0 Å². The molecule has 0 bridgehead atoms. The van der Waals surface area contributed by atoms with E-state index in [1.54, 1.807) is 38.1 Å². The van der Waals surface area contributed by atoms with Crippen LogP contribution in [-0.4, -0.2) is 5.60 Å². The molecule has 0 saturated heterocycles. The van der Waals surface area contributed by atoms with Crippen molar-refractivity contribution in [2.75, 3.05) is 0 Å². The number of terminal acetylenes is 1. The van der Waals surface area contributed by atoms with Gasteiger partial charge in [0.1, 0.15) is 17.1 Å². The van der Waals surface area contributed by atoms with Crippen LogP contribution < -0.4 is 10.2 Å². The number of fused-ring (bicyclic) bond motifs is 1. The second kappa shape index (κ2) is 5.42. The molecule has 0 fully saturated rings. The Morgan fingerprint density at radius 2 is 2.10 bits per heavy atom. The summed E-state index contributed by atoms with van der Waals surface area (Å²) in [7, 11) is 0. The van der Waals surface area contributed by atoms with Crippen molar-refractivity contribution in [2.45, 2.75) is 39.2 Å². The zero-order valence-electron chi connectivity index (χ0n) is 12.0. The maximum Gasteiger partial charge on any atom is 0.192 e. The normalized spacial score (nSPS) is 11.3. The van der Waals surface area contributed by atoms with Crippen LogP contribution in [0.4, 0.5) is 0 Å². The van der Waals surface area contributed by atoms with Gasteiger partial charge in [-0.1, -0.05) is 12.8 Å². The first-order valence-electron chi connectivity index (χ1n) is 6.69. The fourth-order valence-corrected chi connectivity index (χ4v) is 1.94. The van der Waals surface area contributed by atoms with Crippen molar-refractivity contribution < 1.29 is 9.15 Å². The molecule has 1 heterocycles. The molecule has 1 aromatic carbocycles. The summed E-state index contributed by atoms with van der Waals surface area (Å²) in [6.07, 6.45) is 7.07. The SMILES string of the molecule is C#CC(C)(C)Oc1ccc2c(=O)cc(CCC)oc2c1. The van der Waals surface area contributed by atoms with Crippen molar-refractivity contribution in [3.05, 3.63) is 40.2 Å². The molecule has 3 nitrogen and oxygen atoms in total. The highest BCUT2D eigenvalue weighted by molar-refractivity contribution is 5.78. The fourth-order valence-electron chi connectivity index (χ4n) is 1.94. The van der Waals surface area contributed by atoms with Crippen LogP contribution in [-0.2, 0) is 6.42 Å². The average Bonchev–Trinajstić information content (AvgIpc) is 2.38. The van der Waals surface area contributed by atoms with Crippen molar-refractivity contribution in [2.24, 2.45) is 0 Å². The van der Waals surface area contributed by atoms with E-state index in [1.807, 2.05) is 6.92 Å². The molecular formula is C17H18O3. The van der Waals surface area contributed by atoms with Gasteiger partial charge in [-0.05, 0) is 32.4 Å². The van der Waals surface area contributed by atoms with Crippen molar-refractivity contribution in [1.82, 2.24) is 0 Å². The lowest BCUT2D eigenvalue weighted by Gasteiger charge is -2.20. The van der Waals surface area contributed by atoms with E-state index in [0.717, 1.165) is 12.8 Å². The van der Waals surface area contributed by atoms with Gasteiger partial charge in [0, 0.05) is 18.6 Å². The Hall–Kier alpha value is -2.21. The standard InChI is InChI=1S/C17H18O3/c1-5-7-12-10-15(18)14-9-8-13(11-16(14)19-12)20-17(3,4)6-2/h2,8-11H,5,7H2,1,3-4H3. The largest absolute Gasteiger partial charge is 0.475 e. The Balaban J connectivity index is 2.47. The molecule has 3 heteroatoms. The van der Waals surface area contributed by atoms with Gasteiger partial charge in [-0.2, -0.15) is 0 Å². The lowest BCUT2D eigenvalue weighted by atomic mass is 10.1. The molecule has 0 amide bonds. The molecule has 104 valence electrons. The molecular weight excluding hydrogens is 252 g/mol. The van der Waals surface area contributed by atoms with E-state index < -0.39 is 5.60 Å². The van der Waals surface area contributed by atoms with Crippen LogP contribution in [0.5, 0.6) is 5.75 Å². The summed E-state index contributed by atoms with van der Waals surface area (Å²) in [5.74, 6) is 3.85. The number of benzene rings is 1. The summed E-state index contributed by atoms with van der Waals surface area (Å²) in [5.41, 5.74) is -0.196. The van der Waals surface area contributed by atoms with E-state index >= 15 is 0 Å². The minimum Gasteiger partial charge on any atom is -0.475 e. The third-order valence-electron chi connectivity index (χ3n) is 2.97. The molecule has 1 aromatic heterocycles. The maximum absolute atomic E-state index is 12.0. The van der Waals surface area contributed by atoms with Crippen LogP contribution in [0.1, 0.15) is 33.0 Å². The van der Waals surface area contributed by atoms with Gasteiger partial charge in [-0.15, -0.1) is 6.42 Å². The first-order chi connectivity index (χ1) is 9.45. The van der Waals surface area contributed by atoms with Gasteiger partial charge in [0.05, 0.1) is 5.39 Å². The summed E-state index contributed by atoms with van der Waals surface area (Å²) >= 11 is 0. The first kappa shape index (κ1) is 14.2. The van der Waals surface area contributed by atoms with Crippen molar-refractivity contribution in [3.63, 3.8) is 0 Å². The molecule has 2 aromatic rings. The number of rotatable bonds is 4. The highest BCUT2D eigenvalue weighted by Gasteiger charge is 2.16. The molecule has 0 spiro atoms. The number of aryl methyl sites for hydroxylation is 1. The van der Waals surface area contributed by atoms with Crippen LogP contribution in [0.2, 0.25) is 0 Å². The van der Waals surface area contributed by atoms with E-state index in [0.29, 0.717) is 22.5 Å². The monoisotopic (exact) mass is 270 g/mol. The first-order valence-corrected chi connectivity index (χ1v) is 6.69. The van der Waals surface area contributed by atoms with Gasteiger partial charge in [0.15, 0.2) is 11.0 Å². The predicted molar refractivity (Wildman–Crippen MR) is 80.0 cm³/mol. The van der Waals surface area contributed by atoms with Crippen LogP contribution in [0.3, 0.4) is 0 Å². The highest BCUT2D eigenvalue weighted by atomic mass is 16.5. The Labute approximate surface area is 118 Å². The molecule has 20 heavy (non-hydrogen) atoms. The second-order valence-corrected chi connectivity index (χ2v) is 5.24. The quantitative estimate of drug-likeness (QED) is 0.798. The van der Waals surface area contributed by atoms with Gasteiger partial charge in [0.2, 0.25) is 0 Å². The number of hydrogen-bond acceptors (Lipinski definition) is 3. The summed E-state index contributed by atoms with van der Waals surface area (Å²) < 4.78 is 11.4. The molecule has 0 N–H and O–H groups in total. The van der Waals surface area contributed by atoms with Gasteiger partial charge in [0.25, 0.3) is 0 Å². The van der Waals surface area contributed by atoms with Crippen LogP contribution in [0.15, 0.2) is 33.5 Å². The van der Waals surface area contributed by atoms with E-state index in [2.05, 4.69) is 5.92 Å². The topological polar surface area (TPSA) is 39.4 Å². The molecule has 0 radical (unpaired) electrons. The lowest BCUT2D eigenvalue weighted by molar-refractivity contribution is 0.172. The zero-order chi connectivity index (χ0) is 14.8. The minimum atomic E-state index is -0.699. The molecule has 0 aliphatic rings. The zero-order valence-corrected chi connectivity index (χ0v) is 12.0. The molecule has 0 unspecified atom stereocenters. The van der Waals surface area contributed by atoms with E-state index in [4.69, 9.17) is 15.6 Å². The van der Waals surface area contributed by atoms with Crippen LogP contribution >= 0.6 is 0 Å². The van der Waals surface area contributed by atoms with Gasteiger partial charge in [-0.25, -0.2) is 0 Å². The molecule has 0 aliphatic carbocycles. The Morgan fingerprint density at radius 1 is 1.35 bits per heavy atom. The predicted octanol–water partition coefficient (Wildman–Crippen LogP) is 3.54. The Morgan fingerprint density at radius 3 is 2.75 bits per heavy atom. The van der Waals surface area contributed by atoms with Crippen molar-refractivity contribution >= 4 is 11.0 Å². The third kappa shape index (κ3) is 3.03. The van der Waals surface area contributed by atoms with Crippen LogP contribution in [0, 0.1) is 12.3 Å². The second-order valence-electron chi connectivity index (χ2n) is 5.24. The molecule has 0 saturated carbocycles. The average molecular weight is 270 g/mol. The number of hydrogen-bond donors (Lipinski definition) is 0. The van der Waals surface area contributed by atoms with E-state index in [9.17, 15) is 4.79 Å². The molecule has 0 atom stereocenters. The maximum atomic E-state index is 12.0. The number of ether oxygens (including phenoxy) is 1. The van der Waals surface area contributed by atoms with E-state index in [-0.39, 0.29) is 5.43 Å². The molecule has 0 aliphatic heterocycles. The van der Waals surface area contributed by atoms with Gasteiger partial charge in [-0.3, -0.25) is 4.79 Å². The smallest absolute Gasteiger partial charge is 0.192 e. The van der Waals surface area contributed by atoms with Gasteiger partial charge >= 0.3 is 0 Å². The fraction of sp³-hybridized carbons (Fsp3) is 0.353. The Bertz CT molecular complexity index is 717. The summed E-state index contributed by atoms with van der Waals surface area (Å²) in [5, 5.41) is 0.552. The lowest BCUT2D eigenvalue weighted by Crippen LogP contribution is -2.25. The third-order valence-corrected chi connectivity index (χ3v) is 2.97. The summed E-state index contributed by atoms with van der Waals surface area (Å²) in [6.45, 7) is 5.65. The van der Waals surface area contributed by atoms with Crippen molar-refractivity contribution in [3.8, 4) is 18.1 Å². The minimum absolute atomic E-state index is 0.0301. The highest BCUT2D eigenvalue weighted by Crippen LogP contribution is 2.23. The van der Waals surface area contributed by atoms with E-state index in [1.165, 1.54) is 0 Å². The van der Waals surface area contributed by atoms with Gasteiger partial charge < -0.3 is 9.15 Å². The Kier molecular flexibility index (Phi) is 3.85. The summed E-state index contributed by atoms with van der Waals surface area (Å²) in [6, 6.07) is 6.71. The van der Waals surface area contributed by atoms with Crippen molar-refractivity contribution in [1.29, 1.82) is 0 Å². The summed E-state index contributed by atoms with van der Waals surface area (Å²) in [4.78, 5) is 12.0.